The number of hydrogen-bond acceptors (Lipinski definition) is 5. The first-order chi connectivity index (χ1) is 21.5. The van der Waals surface area contributed by atoms with Crippen molar-refractivity contribution in [2.75, 3.05) is 7.05 Å². The predicted molar refractivity (Wildman–Crippen MR) is 177 cm³/mol. The summed E-state index contributed by atoms with van der Waals surface area (Å²) in [7, 11) is 1.97. The minimum absolute atomic E-state index is 0.0894. The van der Waals surface area contributed by atoms with Gasteiger partial charge < -0.3 is 10.1 Å². The first-order valence-corrected chi connectivity index (χ1v) is 14.9. The molecule has 0 fully saturated rings. The Morgan fingerprint density at radius 1 is 0.727 bits per heavy atom. The molecule has 2 heterocycles. The molecule has 0 bridgehead atoms. The number of fused-ring (bicyclic) bond motifs is 2. The van der Waals surface area contributed by atoms with E-state index in [1.165, 1.54) is 0 Å². The molecule has 2 aliphatic heterocycles. The summed E-state index contributed by atoms with van der Waals surface area (Å²) in [5.74, 6) is 2.30. The Bertz CT molecular complexity index is 1950. The third-order valence-electron chi connectivity index (χ3n) is 8.74. The molecule has 5 aromatic rings. The smallest absolute Gasteiger partial charge is 0.155 e. The van der Waals surface area contributed by atoms with Crippen molar-refractivity contribution in [1.29, 1.82) is 5.26 Å². The van der Waals surface area contributed by atoms with E-state index >= 15 is 0 Å². The highest BCUT2D eigenvalue weighted by Gasteiger charge is 2.36. The third-order valence-corrected chi connectivity index (χ3v) is 8.74. The largest absolute Gasteiger partial charge is 0.457 e. The Morgan fingerprint density at radius 3 is 2.09 bits per heavy atom. The molecule has 0 saturated heterocycles. The van der Waals surface area contributed by atoms with Gasteiger partial charge in [-0.2, -0.15) is 5.26 Å². The van der Waals surface area contributed by atoms with Gasteiger partial charge in [-0.15, -0.1) is 0 Å². The Labute approximate surface area is 258 Å². The second-order valence-electron chi connectivity index (χ2n) is 11.7. The van der Waals surface area contributed by atoms with Crippen molar-refractivity contribution < 1.29 is 4.74 Å². The van der Waals surface area contributed by atoms with Crippen LogP contribution in [-0.4, -0.2) is 24.6 Å². The van der Waals surface area contributed by atoms with Crippen LogP contribution in [0.25, 0.3) is 11.1 Å². The molecule has 214 valence electrons. The highest BCUT2D eigenvalue weighted by Crippen LogP contribution is 2.50. The number of hydrogen-bond donors (Lipinski definition) is 1. The molecule has 0 radical (unpaired) electrons. The molecule has 5 nitrogen and oxygen atoms in total. The summed E-state index contributed by atoms with van der Waals surface area (Å²) in [6.45, 7) is 4.31. The number of likely N-dealkylation sites (N-methyl/N-ethyl adjacent to an activating group) is 1. The molecule has 7 rings (SSSR count). The van der Waals surface area contributed by atoms with Crippen molar-refractivity contribution in [1.82, 2.24) is 5.32 Å². The zero-order chi connectivity index (χ0) is 30.3. The van der Waals surface area contributed by atoms with E-state index in [9.17, 15) is 5.26 Å². The fourth-order valence-corrected chi connectivity index (χ4v) is 6.49. The van der Waals surface area contributed by atoms with Crippen LogP contribution in [0.5, 0.6) is 11.5 Å². The average Bonchev–Trinajstić information content (AvgIpc) is 3.08. The molecule has 2 atom stereocenters. The maximum atomic E-state index is 9.74. The molecule has 0 aromatic heterocycles. The highest BCUT2D eigenvalue weighted by atomic mass is 16.5. The minimum Gasteiger partial charge on any atom is -0.457 e. The molecule has 0 aliphatic carbocycles. The number of nitriles is 1. The standard InChI is InChI=1S/C39H32N4O/c1-39(2)31-22-21-29(23-33(31)44-32-16-10-15-30(24-40)34(32)39)25-17-19-27(20-18-25)36-37(41-3)35(26-11-6-4-7-12-26)42-38(43-36)28-13-8-5-9-14-28/h4-23,36-37,41H,1-3H3. The van der Waals surface area contributed by atoms with E-state index in [1.54, 1.807) is 0 Å². The molecule has 0 spiro atoms. The summed E-state index contributed by atoms with van der Waals surface area (Å²) in [5.41, 5.74) is 8.63. The van der Waals surface area contributed by atoms with E-state index in [-0.39, 0.29) is 17.5 Å². The van der Waals surface area contributed by atoms with Gasteiger partial charge in [0.2, 0.25) is 0 Å². The lowest BCUT2D eigenvalue weighted by molar-refractivity contribution is 0.417. The number of ether oxygens (including phenoxy) is 1. The summed E-state index contributed by atoms with van der Waals surface area (Å²) in [6.07, 6.45) is 0. The van der Waals surface area contributed by atoms with Crippen LogP contribution >= 0.6 is 0 Å². The SMILES string of the molecule is CNC1C(c2ccccc2)=NC(c2ccccc2)=NC1c1ccc(-c2ccc3c(c2)Oc2cccc(C#N)c2C3(C)C)cc1. The number of benzene rings is 5. The topological polar surface area (TPSA) is 69.8 Å². The van der Waals surface area contributed by atoms with Crippen LogP contribution < -0.4 is 10.1 Å². The molecule has 5 aromatic carbocycles. The van der Waals surface area contributed by atoms with Crippen LogP contribution in [0.4, 0.5) is 0 Å². The van der Waals surface area contributed by atoms with Crippen LogP contribution in [-0.2, 0) is 5.41 Å². The second kappa shape index (κ2) is 11.1. The van der Waals surface area contributed by atoms with Crippen molar-refractivity contribution in [2.45, 2.75) is 31.3 Å². The number of nitrogens with zero attached hydrogens (tertiary/aromatic N) is 3. The lowest BCUT2D eigenvalue weighted by Gasteiger charge is -2.35. The van der Waals surface area contributed by atoms with E-state index in [0.717, 1.165) is 62.0 Å². The number of rotatable bonds is 5. The second-order valence-corrected chi connectivity index (χ2v) is 11.7. The molecule has 2 aliphatic rings. The molecule has 2 unspecified atom stereocenters. The van der Waals surface area contributed by atoms with E-state index in [4.69, 9.17) is 14.7 Å². The van der Waals surface area contributed by atoms with Crippen LogP contribution in [0.1, 0.15) is 53.3 Å². The number of aliphatic imine (C=N–C) groups is 2. The molecule has 0 saturated carbocycles. The monoisotopic (exact) mass is 572 g/mol. The maximum Gasteiger partial charge on any atom is 0.155 e. The van der Waals surface area contributed by atoms with Crippen LogP contribution in [0, 0.1) is 11.3 Å². The van der Waals surface area contributed by atoms with E-state index in [2.05, 4.69) is 92.0 Å². The van der Waals surface area contributed by atoms with Crippen molar-refractivity contribution >= 4 is 11.5 Å². The van der Waals surface area contributed by atoms with E-state index < -0.39 is 0 Å². The minimum atomic E-state index is -0.354. The van der Waals surface area contributed by atoms with Gasteiger partial charge in [0.1, 0.15) is 11.5 Å². The van der Waals surface area contributed by atoms with Gasteiger partial charge in [-0.05, 0) is 47.5 Å². The van der Waals surface area contributed by atoms with Crippen molar-refractivity contribution in [3.05, 3.63) is 155 Å². The fraction of sp³-hybridized carbons (Fsp3) is 0.154. The Morgan fingerprint density at radius 2 is 1.41 bits per heavy atom. The molecule has 44 heavy (non-hydrogen) atoms. The zero-order valence-electron chi connectivity index (χ0n) is 25.0. The molecular weight excluding hydrogens is 540 g/mol. The third kappa shape index (κ3) is 4.70. The van der Waals surface area contributed by atoms with Gasteiger partial charge in [0.05, 0.1) is 29.4 Å². The van der Waals surface area contributed by atoms with Gasteiger partial charge in [-0.25, -0.2) is 4.99 Å². The Hall–Kier alpha value is -5.31. The molecule has 0 amide bonds. The van der Waals surface area contributed by atoms with Crippen LogP contribution in [0.15, 0.2) is 131 Å². The van der Waals surface area contributed by atoms with Crippen molar-refractivity contribution in [3.63, 3.8) is 0 Å². The Kier molecular flexibility index (Phi) is 6.93. The fourth-order valence-electron chi connectivity index (χ4n) is 6.49. The molecule has 5 heteroatoms. The van der Waals surface area contributed by atoms with E-state index in [0.29, 0.717) is 5.56 Å². The summed E-state index contributed by atoms with van der Waals surface area (Å²) < 4.78 is 6.38. The average molecular weight is 573 g/mol. The van der Waals surface area contributed by atoms with Crippen molar-refractivity contribution in [2.24, 2.45) is 9.98 Å². The zero-order valence-corrected chi connectivity index (χ0v) is 25.0. The van der Waals surface area contributed by atoms with Crippen molar-refractivity contribution in [3.8, 4) is 28.7 Å². The quantitative estimate of drug-likeness (QED) is 0.231. The normalized spacial score (nSPS) is 18.1. The summed E-state index contributed by atoms with van der Waals surface area (Å²) in [5, 5.41) is 13.2. The molecular formula is C39H32N4O. The van der Waals surface area contributed by atoms with Gasteiger partial charge in [0.15, 0.2) is 5.84 Å². The molecule has 1 N–H and O–H groups in total. The summed E-state index contributed by atoms with van der Waals surface area (Å²) in [6, 6.07) is 43.3. The summed E-state index contributed by atoms with van der Waals surface area (Å²) in [4.78, 5) is 10.3. The Balaban J connectivity index is 1.24. The number of nitrogens with one attached hydrogen (secondary N) is 1. The predicted octanol–water partition coefficient (Wildman–Crippen LogP) is 8.24. The highest BCUT2D eigenvalue weighted by molar-refractivity contribution is 6.16. The maximum absolute atomic E-state index is 9.74. The van der Waals surface area contributed by atoms with Gasteiger partial charge >= 0.3 is 0 Å². The van der Waals surface area contributed by atoms with Gasteiger partial charge in [-0.3, -0.25) is 4.99 Å². The van der Waals surface area contributed by atoms with Gasteiger partial charge in [0.25, 0.3) is 0 Å². The first kappa shape index (κ1) is 27.5. The number of amidine groups is 1. The van der Waals surface area contributed by atoms with Gasteiger partial charge in [-0.1, -0.05) is 117 Å². The van der Waals surface area contributed by atoms with Crippen LogP contribution in [0.3, 0.4) is 0 Å². The van der Waals surface area contributed by atoms with Crippen LogP contribution in [0.2, 0.25) is 0 Å². The first-order valence-electron chi connectivity index (χ1n) is 14.9. The lowest BCUT2D eigenvalue weighted by Crippen LogP contribution is -2.42. The lowest BCUT2D eigenvalue weighted by atomic mass is 9.73. The van der Waals surface area contributed by atoms with Gasteiger partial charge in [0, 0.05) is 22.1 Å². The summed E-state index contributed by atoms with van der Waals surface area (Å²) >= 11 is 0. The van der Waals surface area contributed by atoms with E-state index in [1.807, 2.05) is 61.6 Å².